The molecular formula is C36H49IN2O7. The number of ether oxygens (including phenoxy) is 3. The average Bonchev–Trinajstić information content (AvgIpc) is 3.05. The standard InChI is InChI=1S/C36H49IN2O7/c1-23(2)27-14-13-24(3)19-32(27)45-22-34(41)39(17-15-25-9-5-7-11-30(25)44-4)29-20-26(36(43)38-16-18-40)21-33(35(29)42)46-31-12-8-6-10-28(31)37/h5-12,21,23-24,27,29,32-33,35,40,42H,13-20,22H2,1-4H3,(H,38,43)/t24-,27+,29+,32-,33-,35-/m0/s1. The lowest BCUT2D eigenvalue weighted by Gasteiger charge is -2.41. The lowest BCUT2D eigenvalue weighted by molar-refractivity contribution is -0.148. The molecule has 10 heteroatoms. The SMILES string of the molecule is COc1ccccc1CCN(C(=O)CO[C@H]1C[C@@H](C)CC[C@@H]1C(C)C)[C@@H]1CC(C(=O)NCCO)=C[C@H](Oc2ccccc2I)[C@H]1O. The van der Waals surface area contributed by atoms with E-state index in [4.69, 9.17) is 14.2 Å². The van der Waals surface area contributed by atoms with E-state index in [1.165, 1.54) is 0 Å². The highest BCUT2D eigenvalue weighted by molar-refractivity contribution is 14.1. The Morgan fingerprint density at radius 1 is 1.09 bits per heavy atom. The van der Waals surface area contributed by atoms with E-state index < -0.39 is 18.2 Å². The van der Waals surface area contributed by atoms with Crippen LogP contribution in [0, 0.1) is 21.3 Å². The predicted molar refractivity (Wildman–Crippen MR) is 186 cm³/mol. The number of aliphatic hydroxyl groups is 2. The molecule has 2 aliphatic carbocycles. The number of amides is 2. The number of carbonyl (C=O) groups is 2. The van der Waals surface area contributed by atoms with Crippen LogP contribution in [0.5, 0.6) is 11.5 Å². The molecule has 2 amide bonds. The number of hydrogen-bond acceptors (Lipinski definition) is 7. The second-order valence-corrected chi connectivity index (χ2v) is 13.9. The van der Waals surface area contributed by atoms with Crippen molar-refractivity contribution in [3.8, 4) is 11.5 Å². The Morgan fingerprint density at radius 2 is 1.80 bits per heavy atom. The van der Waals surface area contributed by atoms with Crippen LogP contribution in [0.25, 0.3) is 0 Å². The van der Waals surface area contributed by atoms with Gasteiger partial charge in [0.05, 0.1) is 29.4 Å². The van der Waals surface area contributed by atoms with Crippen LogP contribution < -0.4 is 14.8 Å². The maximum Gasteiger partial charge on any atom is 0.248 e. The van der Waals surface area contributed by atoms with Crippen LogP contribution in [0.3, 0.4) is 0 Å². The summed E-state index contributed by atoms with van der Waals surface area (Å²) < 4.78 is 19.1. The molecule has 0 unspecified atom stereocenters. The third kappa shape index (κ3) is 9.45. The summed E-state index contributed by atoms with van der Waals surface area (Å²) in [7, 11) is 1.62. The number of hydrogen-bond donors (Lipinski definition) is 3. The Balaban J connectivity index is 1.64. The van der Waals surface area contributed by atoms with Crippen molar-refractivity contribution in [1.29, 1.82) is 0 Å². The molecule has 2 aliphatic rings. The van der Waals surface area contributed by atoms with Crippen molar-refractivity contribution >= 4 is 34.4 Å². The molecular weight excluding hydrogens is 699 g/mol. The largest absolute Gasteiger partial charge is 0.496 e. The summed E-state index contributed by atoms with van der Waals surface area (Å²) in [6, 6.07) is 14.4. The van der Waals surface area contributed by atoms with E-state index in [9.17, 15) is 19.8 Å². The second-order valence-electron chi connectivity index (χ2n) is 12.8. The molecule has 0 radical (unpaired) electrons. The van der Waals surface area contributed by atoms with Crippen LogP contribution in [0.15, 0.2) is 60.2 Å². The van der Waals surface area contributed by atoms with Gasteiger partial charge in [0, 0.05) is 25.1 Å². The molecule has 0 spiro atoms. The number of benzene rings is 2. The number of nitrogens with zero attached hydrogens (tertiary/aromatic N) is 1. The minimum absolute atomic E-state index is 0.0176. The molecule has 4 rings (SSSR count). The topological polar surface area (TPSA) is 118 Å². The van der Waals surface area contributed by atoms with Gasteiger partial charge in [-0.05, 0) is 89.4 Å². The molecule has 2 aromatic carbocycles. The van der Waals surface area contributed by atoms with Crippen molar-refractivity contribution in [3.05, 3.63) is 69.3 Å². The summed E-state index contributed by atoms with van der Waals surface area (Å²) in [6.07, 6.45) is 3.34. The van der Waals surface area contributed by atoms with Gasteiger partial charge in [0.25, 0.3) is 0 Å². The molecule has 3 N–H and O–H groups in total. The number of rotatable bonds is 14. The quantitative estimate of drug-likeness (QED) is 0.239. The molecule has 46 heavy (non-hydrogen) atoms. The van der Waals surface area contributed by atoms with Crippen LogP contribution in [0.2, 0.25) is 0 Å². The smallest absolute Gasteiger partial charge is 0.248 e. The van der Waals surface area contributed by atoms with Gasteiger partial charge in [-0.25, -0.2) is 0 Å². The van der Waals surface area contributed by atoms with Crippen molar-refractivity contribution in [2.75, 3.05) is 33.4 Å². The maximum atomic E-state index is 14.2. The van der Waals surface area contributed by atoms with E-state index in [0.717, 1.165) is 34.1 Å². The summed E-state index contributed by atoms with van der Waals surface area (Å²) in [6.45, 7) is 6.70. The number of carbonyl (C=O) groups excluding carboxylic acids is 2. The first-order chi connectivity index (χ1) is 22.1. The number of methoxy groups -OCH3 is 1. The van der Waals surface area contributed by atoms with Gasteiger partial charge in [0.15, 0.2) is 0 Å². The third-order valence-electron chi connectivity index (χ3n) is 9.23. The molecule has 0 aliphatic heterocycles. The van der Waals surface area contributed by atoms with Gasteiger partial charge in [-0.3, -0.25) is 9.59 Å². The third-order valence-corrected chi connectivity index (χ3v) is 10.1. The fourth-order valence-corrected chi connectivity index (χ4v) is 7.17. The van der Waals surface area contributed by atoms with Crippen molar-refractivity contribution in [3.63, 3.8) is 0 Å². The molecule has 9 nitrogen and oxygen atoms in total. The van der Waals surface area contributed by atoms with E-state index >= 15 is 0 Å². The predicted octanol–water partition coefficient (Wildman–Crippen LogP) is 4.76. The number of nitrogens with one attached hydrogen (secondary N) is 1. The van der Waals surface area contributed by atoms with Gasteiger partial charge in [0.2, 0.25) is 11.8 Å². The van der Waals surface area contributed by atoms with Crippen LogP contribution in [-0.4, -0.2) is 84.7 Å². The van der Waals surface area contributed by atoms with Crippen molar-refractivity contribution in [1.82, 2.24) is 10.2 Å². The van der Waals surface area contributed by atoms with Crippen molar-refractivity contribution < 1.29 is 34.0 Å². The Kier molecular flexibility index (Phi) is 13.7. The van der Waals surface area contributed by atoms with Gasteiger partial charge in [-0.1, -0.05) is 57.5 Å². The van der Waals surface area contributed by atoms with Crippen LogP contribution in [0.1, 0.15) is 52.0 Å². The molecule has 1 saturated carbocycles. The molecule has 0 saturated heterocycles. The van der Waals surface area contributed by atoms with E-state index in [2.05, 4.69) is 48.7 Å². The molecule has 0 bridgehead atoms. The van der Waals surface area contributed by atoms with E-state index in [0.29, 0.717) is 35.5 Å². The Bertz CT molecular complexity index is 1330. The molecule has 6 atom stereocenters. The second kappa shape index (κ2) is 17.5. The van der Waals surface area contributed by atoms with E-state index in [1.54, 1.807) is 18.1 Å². The zero-order valence-electron chi connectivity index (χ0n) is 27.4. The summed E-state index contributed by atoms with van der Waals surface area (Å²) in [5, 5.41) is 23.9. The lowest BCUT2D eigenvalue weighted by atomic mass is 9.75. The monoisotopic (exact) mass is 748 g/mol. The normalized spacial score (nSPS) is 24.7. The lowest BCUT2D eigenvalue weighted by Crippen LogP contribution is -2.56. The first kappa shape index (κ1) is 36.2. The highest BCUT2D eigenvalue weighted by atomic mass is 127. The van der Waals surface area contributed by atoms with E-state index in [1.807, 2.05) is 48.5 Å². The van der Waals surface area contributed by atoms with Gasteiger partial charge in [-0.2, -0.15) is 0 Å². The highest BCUT2D eigenvalue weighted by Gasteiger charge is 2.41. The summed E-state index contributed by atoms with van der Waals surface area (Å²) >= 11 is 2.17. The van der Waals surface area contributed by atoms with Crippen molar-refractivity contribution in [2.24, 2.45) is 17.8 Å². The number of halogens is 1. The Hall–Kier alpha value is -2.67. The first-order valence-corrected chi connectivity index (χ1v) is 17.4. The molecule has 2 aromatic rings. The molecule has 1 fully saturated rings. The van der Waals surface area contributed by atoms with Gasteiger partial charge in [-0.15, -0.1) is 0 Å². The molecule has 252 valence electrons. The average molecular weight is 749 g/mol. The Morgan fingerprint density at radius 3 is 2.50 bits per heavy atom. The van der Waals surface area contributed by atoms with Crippen LogP contribution in [0.4, 0.5) is 0 Å². The fraction of sp³-hybridized carbons (Fsp3) is 0.556. The summed E-state index contributed by atoms with van der Waals surface area (Å²) in [4.78, 5) is 29.1. The minimum Gasteiger partial charge on any atom is -0.496 e. The van der Waals surface area contributed by atoms with Crippen LogP contribution in [-0.2, 0) is 20.7 Å². The number of para-hydroxylation sites is 2. The van der Waals surface area contributed by atoms with E-state index in [-0.39, 0.29) is 50.6 Å². The fourth-order valence-electron chi connectivity index (χ4n) is 6.66. The highest BCUT2D eigenvalue weighted by Crippen LogP contribution is 2.36. The van der Waals surface area contributed by atoms with Crippen molar-refractivity contribution in [2.45, 2.75) is 77.2 Å². The van der Waals surface area contributed by atoms with Crippen LogP contribution >= 0.6 is 22.6 Å². The van der Waals surface area contributed by atoms with Gasteiger partial charge < -0.3 is 34.6 Å². The summed E-state index contributed by atoms with van der Waals surface area (Å²) in [5.74, 6) is 2.02. The first-order valence-electron chi connectivity index (χ1n) is 16.3. The zero-order valence-corrected chi connectivity index (χ0v) is 29.5. The minimum atomic E-state index is -1.12. The zero-order chi connectivity index (χ0) is 33.2. The summed E-state index contributed by atoms with van der Waals surface area (Å²) in [5.41, 5.74) is 1.31. The molecule has 0 heterocycles. The maximum absolute atomic E-state index is 14.2. The molecule has 0 aromatic heterocycles. The van der Waals surface area contributed by atoms with Gasteiger partial charge >= 0.3 is 0 Å². The van der Waals surface area contributed by atoms with Gasteiger partial charge in [0.1, 0.15) is 30.3 Å². The number of aliphatic hydroxyl groups excluding tert-OH is 2. The Labute approximate surface area is 286 Å².